The van der Waals surface area contributed by atoms with Crippen LogP contribution in [-0.4, -0.2) is 27.7 Å². The molecule has 1 aliphatic carbocycles. The number of nitrogens with one attached hydrogen (secondary N) is 1. The quantitative estimate of drug-likeness (QED) is 0.666. The van der Waals surface area contributed by atoms with Crippen molar-refractivity contribution in [2.45, 2.75) is 25.3 Å². The van der Waals surface area contributed by atoms with E-state index in [0.717, 1.165) is 30.3 Å². The molecule has 1 aromatic carbocycles. The number of anilines is 1. The van der Waals surface area contributed by atoms with Crippen molar-refractivity contribution in [3.8, 4) is 0 Å². The molecule has 2 aromatic rings. The molecule has 0 aliphatic heterocycles. The van der Waals surface area contributed by atoms with Crippen LogP contribution in [0.4, 0.5) is 11.4 Å². The summed E-state index contributed by atoms with van der Waals surface area (Å²) in [4.78, 5) is 14.8. The van der Waals surface area contributed by atoms with Gasteiger partial charge in [-0.3, -0.25) is 15.1 Å². The highest BCUT2D eigenvalue weighted by atomic mass is 16.6. The topological polar surface area (TPSA) is 88.3 Å². The number of nitrogens with zero attached hydrogens (tertiary/aromatic N) is 2. The van der Waals surface area contributed by atoms with E-state index in [-0.39, 0.29) is 29.2 Å². The fourth-order valence-electron chi connectivity index (χ4n) is 3.10. The molecule has 6 nitrogen and oxygen atoms in total. The lowest BCUT2D eigenvalue weighted by atomic mass is 10.0. The summed E-state index contributed by atoms with van der Waals surface area (Å²) in [6, 6.07) is 5.12. The Bertz CT molecular complexity index is 674. The summed E-state index contributed by atoms with van der Waals surface area (Å²) in [6.45, 7) is 0.167. The second-order valence-electron chi connectivity index (χ2n) is 5.44. The number of hydrogen-bond acceptors (Lipinski definition) is 5. The van der Waals surface area contributed by atoms with Crippen molar-refractivity contribution < 1.29 is 10.0 Å². The molecule has 2 unspecified atom stereocenters. The Balaban J connectivity index is 2.00. The van der Waals surface area contributed by atoms with Gasteiger partial charge in [-0.2, -0.15) is 0 Å². The Labute approximate surface area is 122 Å². The van der Waals surface area contributed by atoms with Gasteiger partial charge in [0.05, 0.1) is 10.3 Å². The maximum atomic E-state index is 11.1. The summed E-state index contributed by atoms with van der Waals surface area (Å²) < 4.78 is 0. The monoisotopic (exact) mass is 287 g/mol. The lowest BCUT2D eigenvalue weighted by Crippen LogP contribution is -2.26. The Hall–Kier alpha value is -2.21. The maximum Gasteiger partial charge on any atom is 0.277 e. The average molecular weight is 287 g/mol. The van der Waals surface area contributed by atoms with Gasteiger partial charge in [-0.1, -0.05) is 6.42 Å². The molecule has 2 atom stereocenters. The number of nitro groups is 1. The number of benzene rings is 1. The smallest absolute Gasteiger partial charge is 0.277 e. The zero-order chi connectivity index (χ0) is 14.8. The number of aliphatic hydroxyl groups excluding tert-OH is 1. The number of rotatable bonds is 4. The lowest BCUT2D eigenvalue weighted by molar-refractivity contribution is -0.383. The first kappa shape index (κ1) is 13.8. The normalized spacial score (nSPS) is 21.6. The summed E-state index contributed by atoms with van der Waals surface area (Å²) in [5.41, 5.74) is 0.928. The van der Waals surface area contributed by atoms with Crippen LogP contribution in [-0.2, 0) is 0 Å². The Morgan fingerprint density at radius 1 is 1.33 bits per heavy atom. The van der Waals surface area contributed by atoms with Gasteiger partial charge in [0.2, 0.25) is 0 Å². The summed E-state index contributed by atoms with van der Waals surface area (Å²) in [7, 11) is 0. The third-order valence-electron chi connectivity index (χ3n) is 4.23. The van der Waals surface area contributed by atoms with E-state index in [2.05, 4.69) is 10.3 Å². The van der Waals surface area contributed by atoms with Gasteiger partial charge in [-0.15, -0.1) is 0 Å². The molecule has 0 radical (unpaired) electrons. The summed E-state index contributed by atoms with van der Waals surface area (Å²) in [5, 5.41) is 25.3. The van der Waals surface area contributed by atoms with E-state index in [4.69, 9.17) is 0 Å². The highest BCUT2D eigenvalue weighted by molar-refractivity contribution is 5.99. The van der Waals surface area contributed by atoms with Crippen LogP contribution in [0.2, 0.25) is 0 Å². The third-order valence-corrected chi connectivity index (χ3v) is 4.23. The Morgan fingerprint density at radius 3 is 2.95 bits per heavy atom. The molecule has 0 saturated heterocycles. The molecule has 0 amide bonds. The fraction of sp³-hybridized carbons (Fsp3) is 0.400. The minimum atomic E-state index is -0.377. The van der Waals surface area contributed by atoms with Crippen LogP contribution >= 0.6 is 0 Å². The van der Waals surface area contributed by atoms with Crippen LogP contribution in [0.3, 0.4) is 0 Å². The maximum absolute atomic E-state index is 11.1. The van der Waals surface area contributed by atoms with E-state index >= 15 is 0 Å². The van der Waals surface area contributed by atoms with Crippen LogP contribution in [0.25, 0.3) is 10.8 Å². The number of aromatic nitrogens is 1. The predicted octanol–water partition coefficient (Wildman–Crippen LogP) is 2.72. The standard InChI is InChI=1S/C15H17N3O3/c19-9-10-2-1-3-13(10)17-14-4-5-15(18(20)21)11-6-7-16-8-12(11)14/h4-8,10,13,17,19H,1-3,9H2. The number of hydrogen-bond donors (Lipinski definition) is 2. The minimum Gasteiger partial charge on any atom is -0.396 e. The van der Waals surface area contributed by atoms with Gasteiger partial charge < -0.3 is 10.4 Å². The summed E-state index contributed by atoms with van der Waals surface area (Å²) in [5.74, 6) is 0.243. The molecule has 1 saturated carbocycles. The molecule has 110 valence electrons. The fourth-order valence-corrected chi connectivity index (χ4v) is 3.10. The first-order chi connectivity index (χ1) is 10.2. The molecule has 1 aliphatic rings. The van der Waals surface area contributed by atoms with Gasteiger partial charge in [0.25, 0.3) is 5.69 Å². The van der Waals surface area contributed by atoms with Crippen LogP contribution in [0.1, 0.15) is 19.3 Å². The van der Waals surface area contributed by atoms with Gasteiger partial charge in [-0.05, 0) is 25.0 Å². The van der Waals surface area contributed by atoms with Crippen molar-refractivity contribution in [2.75, 3.05) is 11.9 Å². The first-order valence-corrected chi connectivity index (χ1v) is 7.09. The Kier molecular flexibility index (Phi) is 3.70. The van der Waals surface area contributed by atoms with Gasteiger partial charge >= 0.3 is 0 Å². The van der Waals surface area contributed by atoms with Crippen LogP contribution < -0.4 is 5.32 Å². The van der Waals surface area contributed by atoms with E-state index in [0.29, 0.717) is 5.39 Å². The molecule has 0 bridgehead atoms. The summed E-state index contributed by atoms with van der Waals surface area (Å²) in [6.07, 6.45) is 6.31. The number of non-ortho nitro benzene ring substituents is 1. The molecular formula is C15H17N3O3. The van der Waals surface area contributed by atoms with Crippen LogP contribution in [0, 0.1) is 16.0 Å². The summed E-state index contributed by atoms with van der Waals surface area (Å²) >= 11 is 0. The Morgan fingerprint density at radius 2 is 2.19 bits per heavy atom. The largest absolute Gasteiger partial charge is 0.396 e. The number of nitro benzene ring substituents is 1. The van der Waals surface area contributed by atoms with E-state index < -0.39 is 0 Å². The van der Waals surface area contributed by atoms with Gasteiger partial charge in [0.15, 0.2) is 0 Å². The molecule has 21 heavy (non-hydrogen) atoms. The molecule has 1 heterocycles. The van der Waals surface area contributed by atoms with Gasteiger partial charge in [-0.25, -0.2) is 0 Å². The highest BCUT2D eigenvalue weighted by Gasteiger charge is 2.27. The average Bonchev–Trinajstić information content (AvgIpc) is 2.94. The van der Waals surface area contributed by atoms with Crippen molar-refractivity contribution in [1.82, 2.24) is 4.98 Å². The zero-order valence-corrected chi connectivity index (χ0v) is 11.5. The molecule has 2 N–H and O–H groups in total. The van der Waals surface area contributed by atoms with Crippen LogP contribution in [0.5, 0.6) is 0 Å². The van der Waals surface area contributed by atoms with E-state index in [1.165, 1.54) is 6.07 Å². The van der Waals surface area contributed by atoms with Crippen molar-refractivity contribution in [3.05, 3.63) is 40.7 Å². The SMILES string of the molecule is O=[N+]([O-])c1ccc(NC2CCCC2CO)c2cnccc12. The zero-order valence-electron chi connectivity index (χ0n) is 11.5. The van der Waals surface area contributed by atoms with E-state index in [1.54, 1.807) is 24.5 Å². The first-order valence-electron chi connectivity index (χ1n) is 7.09. The van der Waals surface area contributed by atoms with Crippen molar-refractivity contribution in [2.24, 2.45) is 5.92 Å². The van der Waals surface area contributed by atoms with Crippen molar-refractivity contribution in [1.29, 1.82) is 0 Å². The molecule has 1 aromatic heterocycles. The molecular weight excluding hydrogens is 270 g/mol. The molecule has 1 fully saturated rings. The van der Waals surface area contributed by atoms with Gasteiger partial charge in [0.1, 0.15) is 0 Å². The predicted molar refractivity (Wildman–Crippen MR) is 80.2 cm³/mol. The molecule has 0 spiro atoms. The second kappa shape index (κ2) is 5.65. The van der Waals surface area contributed by atoms with E-state index in [9.17, 15) is 15.2 Å². The number of fused-ring (bicyclic) bond motifs is 1. The second-order valence-corrected chi connectivity index (χ2v) is 5.44. The number of pyridine rings is 1. The van der Waals surface area contributed by atoms with Gasteiger partial charge in [0, 0.05) is 48.1 Å². The molecule has 6 heteroatoms. The van der Waals surface area contributed by atoms with Crippen LogP contribution in [0.15, 0.2) is 30.6 Å². The highest BCUT2D eigenvalue weighted by Crippen LogP contribution is 2.34. The van der Waals surface area contributed by atoms with Crippen molar-refractivity contribution in [3.63, 3.8) is 0 Å². The number of aliphatic hydroxyl groups is 1. The van der Waals surface area contributed by atoms with E-state index in [1.807, 2.05) is 0 Å². The minimum absolute atomic E-state index is 0.0862. The molecule has 3 rings (SSSR count). The lowest BCUT2D eigenvalue weighted by Gasteiger charge is -2.21. The third kappa shape index (κ3) is 2.54. The van der Waals surface area contributed by atoms with Crippen molar-refractivity contribution >= 4 is 22.1 Å².